The van der Waals surface area contributed by atoms with Crippen molar-refractivity contribution < 1.29 is 17.9 Å². The normalized spacial score (nSPS) is 23.6. The van der Waals surface area contributed by atoms with Gasteiger partial charge in [-0.2, -0.15) is 4.31 Å². The Hall–Kier alpha value is -2.23. The maximum Gasteiger partial charge on any atom is 0.240 e. The molecule has 0 aliphatic carbocycles. The first-order valence-corrected chi connectivity index (χ1v) is 13.4. The fourth-order valence-electron chi connectivity index (χ4n) is 4.92. The van der Waals surface area contributed by atoms with Gasteiger partial charge < -0.3 is 9.64 Å². The van der Waals surface area contributed by atoms with E-state index in [-0.39, 0.29) is 19.0 Å². The Balaban J connectivity index is 1.21. The molecule has 3 heterocycles. The van der Waals surface area contributed by atoms with Crippen LogP contribution in [0.25, 0.3) is 6.08 Å². The van der Waals surface area contributed by atoms with Gasteiger partial charge in [0.2, 0.25) is 15.9 Å². The Morgan fingerprint density at radius 1 is 1.06 bits per heavy atom. The second-order valence-electron chi connectivity index (χ2n) is 9.23. The molecular formula is C25H28ClN3O4S. The highest BCUT2D eigenvalue weighted by molar-refractivity contribution is 7.92. The minimum atomic E-state index is -3.76. The maximum absolute atomic E-state index is 12.9. The zero-order valence-corrected chi connectivity index (χ0v) is 20.4. The van der Waals surface area contributed by atoms with Gasteiger partial charge in [-0.3, -0.25) is 9.69 Å². The summed E-state index contributed by atoms with van der Waals surface area (Å²) in [4.78, 5) is 17.0. The van der Waals surface area contributed by atoms with Crippen LogP contribution in [0, 0.1) is 0 Å². The molecule has 1 unspecified atom stereocenters. The number of amides is 1. The van der Waals surface area contributed by atoms with Crippen LogP contribution < -0.4 is 0 Å². The minimum Gasteiger partial charge on any atom is -0.348 e. The lowest BCUT2D eigenvalue weighted by Gasteiger charge is -2.38. The topological polar surface area (TPSA) is 70.2 Å². The molecule has 3 aliphatic rings. The summed E-state index contributed by atoms with van der Waals surface area (Å²) in [6, 6.07) is 17.3. The van der Waals surface area contributed by atoms with Crippen molar-refractivity contribution in [3.63, 3.8) is 0 Å². The van der Waals surface area contributed by atoms with Crippen molar-refractivity contribution in [1.82, 2.24) is 14.1 Å². The maximum atomic E-state index is 12.9. The van der Waals surface area contributed by atoms with Crippen molar-refractivity contribution in [2.24, 2.45) is 0 Å². The smallest absolute Gasteiger partial charge is 0.240 e. The zero-order valence-electron chi connectivity index (χ0n) is 18.8. The highest BCUT2D eigenvalue weighted by atomic mass is 35.5. The highest BCUT2D eigenvalue weighted by Gasteiger charge is 2.51. The van der Waals surface area contributed by atoms with Gasteiger partial charge in [-0.25, -0.2) is 8.42 Å². The third-order valence-corrected chi connectivity index (χ3v) is 8.59. The van der Waals surface area contributed by atoms with Crippen molar-refractivity contribution in [1.29, 1.82) is 0 Å². The average molecular weight is 502 g/mol. The van der Waals surface area contributed by atoms with Gasteiger partial charge in [0.15, 0.2) is 0 Å². The predicted molar refractivity (Wildman–Crippen MR) is 131 cm³/mol. The first kappa shape index (κ1) is 23.5. The minimum absolute atomic E-state index is 0.147. The Labute approximate surface area is 205 Å². The number of fused-ring (bicyclic) bond motifs is 1. The molecule has 0 radical (unpaired) electrons. The first-order chi connectivity index (χ1) is 16.3. The van der Waals surface area contributed by atoms with Gasteiger partial charge in [0, 0.05) is 30.1 Å². The van der Waals surface area contributed by atoms with Crippen LogP contribution in [0.15, 0.2) is 60.0 Å². The van der Waals surface area contributed by atoms with Crippen LogP contribution in [-0.4, -0.2) is 73.0 Å². The van der Waals surface area contributed by atoms with Crippen molar-refractivity contribution in [2.45, 2.75) is 31.2 Å². The number of sulfonamides is 1. The lowest BCUT2D eigenvalue weighted by atomic mass is 9.91. The number of piperidine rings is 1. The van der Waals surface area contributed by atoms with E-state index >= 15 is 0 Å². The molecule has 1 spiro atoms. The molecule has 3 fully saturated rings. The van der Waals surface area contributed by atoms with Crippen LogP contribution >= 0.6 is 11.6 Å². The van der Waals surface area contributed by atoms with Crippen LogP contribution in [-0.2, 0) is 26.1 Å². The molecule has 3 aliphatic heterocycles. The number of carbonyl (C=O) groups excluding carboxylic acids is 1. The van der Waals surface area contributed by atoms with E-state index in [1.807, 2.05) is 6.07 Å². The predicted octanol–water partition coefficient (Wildman–Crippen LogP) is 3.18. The summed E-state index contributed by atoms with van der Waals surface area (Å²) in [5.74, 6) is -0.205. The molecule has 0 saturated carbocycles. The number of carbonyl (C=O) groups is 1. The number of hydrogen-bond donors (Lipinski definition) is 0. The van der Waals surface area contributed by atoms with Gasteiger partial charge in [-0.05, 0) is 42.2 Å². The average Bonchev–Trinajstić information content (AvgIpc) is 3.20. The molecule has 1 amide bonds. The summed E-state index contributed by atoms with van der Waals surface area (Å²) in [5.41, 5.74) is 1.61. The summed E-state index contributed by atoms with van der Waals surface area (Å²) in [6.07, 6.45) is 2.62. The number of benzene rings is 2. The number of ether oxygens (including phenoxy) is 1. The van der Waals surface area contributed by atoms with Crippen molar-refractivity contribution in [2.75, 3.05) is 32.7 Å². The third kappa shape index (κ3) is 5.06. The van der Waals surface area contributed by atoms with E-state index < -0.39 is 21.9 Å². The number of piperazine rings is 1. The summed E-state index contributed by atoms with van der Waals surface area (Å²) < 4.78 is 33.5. The van der Waals surface area contributed by atoms with E-state index in [9.17, 15) is 13.2 Å². The van der Waals surface area contributed by atoms with Crippen LogP contribution in [0.4, 0.5) is 0 Å². The Bertz CT molecular complexity index is 1160. The fraction of sp³-hybridized carbons (Fsp3) is 0.400. The number of hydrogen-bond acceptors (Lipinski definition) is 5. The number of likely N-dealkylation sites (tertiary alicyclic amines) is 1. The molecule has 180 valence electrons. The first-order valence-electron chi connectivity index (χ1n) is 11.5. The molecule has 1 atom stereocenters. The Morgan fingerprint density at radius 2 is 1.76 bits per heavy atom. The largest absolute Gasteiger partial charge is 0.348 e. The van der Waals surface area contributed by atoms with E-state index in [1.165, 1.54) is 15.9 Å². The summed E-state index contributed by atoms with van der Waals surface area (Å²) in [7, 11) is -3.76. The van der Waals surface area contributed by atoms with Gasteiger partial charge in [-0.1, -0.05) is 54.1 Å². The standard InChI is InChI=1S/C25H28ClN3O4S/c26-22-8-6-20(7-9-22)10-15-34(31,32)28-17-23(30)29-19-25(33-24(29)18-28)11-13-27(14-12-25)16-21-4-2-1-3-5-21/h1-10,15,24H,11-14,16-19H2/b15-10+. The zero-order chi connectivity index (χ0) is 23.8. The van der Waals surface area contributed by atoms with E-state index in [0.717, 1.165) is 43.4 Å². The second kappa shape index (κ2) is 9.43. The molecule has 5 rings (SSSR count). The summed E-state index contributed by atoms with van der Waals surface area (Å²) in [6.45, 7) is 3.18. The lowest BCUT2D eigenvalue weighted by Crippen LogP contribution is -2.55. The second-order valence-corrected chi connectivity index (χ2v) is 11.5. The van der Waals surface area contributed by atoms with E-state index in [2.05, 4.69) is 29.2 Å². The molecule has 34 heavy (non-hydrogen) atoms. The van der Waals surface area contributed by atoms with Crippen molar-refractivity contribution in [3.8, 4) is 0 Å². The van der Waals surface area contributed by atoms with Crippen molar-refractivity contribution in [3.05, 3.63) is 76.2 Å². The number of rotatable bonds is 5. The van der Waals surface area contributed by atoms with Gasteiger partial charge in [0.25, 0.3) is 0 Å². The van der Waals surface area contributed by atoms with Gasteiger partial charge in [0.05, 0.1) is 25.2 Å². The van der Waals surface area contributed by atoms with E-state index in [0.29, 0.717) is 11.6 Å². The number of nitrogens with zero attached hydrogens (tertiary/aromatic N) is 3. The fourth-order valence-corrected chi connectivity index (χ4v) is 6.17. The van der Waals surface area contributed by atoms with Crippen molar-refractivity contribution >= 4 is 33.6 Å². The van der Waals surface area contributed by atoms with E-state index in [4.69, 9.17) is 16.3 Å². The molecule has 0 N–H and O–H groups in total. The SMILES string of the molecule is O=C1CN(S(=O)(=O)/C=C/c2ccc(Cl)cc2)CC2OC3(CCN(Cc4ccccc4)CC3)CN12. The number of halogens is 1. The van der Waals surface area contributed by atoms with Crippen LogP contribution in [0.3, 0.4) is 0 Å². The summed E-state index contributed by atoms with van der Waals surface area (Å²) in [5, 5.41) is 1.73. The molecule has 2 aromatic rings. The summed E-state index contributed by atoms with van der Waals surface area (Å²) >= 11 is 5.89. The van der Waals surface area contributed by atoms with Crippen LogP contribution in [0.5, 0.6) is 0 Å². The molecular weight excluding hydrogens is 474 g/mol. The monoisotopic (exact) mass is 501 g/mol. The van der Waals surface area contributed by atoms with Gasteiger partial charge in [-0.15, -0.1) is 0 Å². The molecule has 7 nitrogen and oxygen atoms in total. The molecule has 3 saturated heterocycles. The van der Waals surface area contributed by atoms with Crippen LogP contribution in [0.1, 0.15) is 24.0 Å². The Morgan fingerprint density at radius 3 is 2.47 bits per heavy atom. The molecule has 0 aromatic heterocycles. The molecule has 2 aromatic carbocycles. The van der Waals surface area contributed by atoms with Gasteiger partial charge >= 0.3 is 0 Å². The molecule has 0 bridgehead atoms. The highest BCUT2D eigenvalue weighted by Crippen LogP contribution is 2.37. The lowest BCUT2D eigenvalue weighted by molar-refractivity contribution is -0.145. The third-order valence-electron chi connectivity index (χ3n) is 6.86. The molecule has 9 heteroatoms. The quantitative estimate of drug-likeness (QED) is 0.629. The van der Waals surface area contributed by atoms with E-state index in [1.54, 1.807) is 29.2 Å². The Kier molecular flexibility index (Phi) is 6.52. The van der Waals surface area contributed by atoms with Crippen LogP contribution in [0.2, 0.25) is 5.02 Å². The van der Waals surface area contributed by atoms with Gasteiger partial charge in [0.1, 0.15) is 6.23 Å².